The van der Waals surface area contributed by atoms with Gasteiger partial charge in [-0.15, -0.1) is 11.8 Å². The second kappa shape index (κ2) is 4.89. The molecule has 1 rings (SSSR count). The predicted molar refractivity (Wildman–Crippen MR) is 60.6 cm³/mol. The molecule has 2 N–H and O–H groups in total. The van der Waals surface area contributed by atoms with Crippen molar-refractivity contribution in [1.29, 1.82) is 0 Å². The summed E-state index contributed by atoms with van der Waals surface area (Å²) in [6, 6.07) is 6.06. The molecule has 1 unspecified atom stereocenters. The fourth-order valence-electron chi connectivity index (χ4n) is 0.971. The van der Waals surface area contributed by atoms with E-state index < -0.39 is 0 Å². The SMILES string of the molecule is Cc1cc(SC(C)CN)ccc1Cl. The lowest BCUT2D eigenvalue weighted by atomic mass is 10.2. The Morgan fingerprint density at radius 2 is 2.23 bits per heavy atom. The molecule has 3 heteroatoms. The Morgan fingerprint density at radius 1 is 1.54 bits per heavy atom. The lowest BCUT2D eigenvalue weighted by Crippen LogP contribution is -2.12. The van der Waals surface area contributed by atoms with E-state index in [0.29, 0.717) is 11.8 Å². The molecule has 1 aromatic carbocycles. The van der Waals surface area contributed by atoms with E-state index in [4.69, 9.17) is 17.3 Å². The van der Waals surface area contributed by atoms with Crippen LogP contribution in [0, 0.1) is 6.92 Å². The van der Waals surface area contributed by atoms with Crippen LogP contribution in [0.25, 0.3) is 0 Å². The first kappa shape index (κ1) is 10.9. The highest BCUT2D eigenvalue weighted by molar-refractivity contribution is 8.00. The first-order valence-corrected chi connectivity index (χ1v) is 5.52. The van der Waals surface area contributed by atoms with E-state index in [1.165, 1.54) is 4.90 Å². The van der Waals surface area contributed by atoms with Gasteiger partial charge >= 0.3 is 0 Å². The van der Waals surface area contributed by atoms with Crippen molar-refractivity contribution in [1.82, 2.24) is 0 Å². The van der Waals surface area contributed by atoms with Crippen LogP contribution in [0.3, 0.4) is 0 Å². The number of nitrogens with two attached hydrogens (primary N) is 1. The van der Waals surface area contributed by atoms with Gasteiger partial charge in [-0.05, 0) is 30.7 Å². The summed E-state index contributed by atoms with van der Waals surface area (Å²) in [6.07, 6.45) is 0. The molecule has 0 bridgehead atoms. The van der Waals surface area contributed by atoms with Gasteiger partial charge in [0.05, 0.1) is 0 Å². The molecule has 0 aliphatic heterocycles. The summed E-state index contributed by atoms with van der Waals surface area (Å²) >= 11 is 7.70. The minimum absolute atomic E-state index is 0.459. The van der Waals surface area contributed by atoms with E-state index in [1.54, 1.807) is 11.8 Å². The van der Waals surface area contributed by atoms with Gasteiger partial charge in [-0.2, -0.15) is 0 Å². The summed E-state index contributed by atoms with van der Waals surface area (Å²) in [5.74, 6) is 0. The van der Waals surface area contributed by atoms with Crippen molar-refractivity contribution in [2.45, 2.75) is 24.0 Å². The molecule has 0 radical (unpaired) electrons. The van der Waals surface area contributed by atoms with Crippen LogP contribution in [0.15, 0.2) is 23.1 Å². The molecule has 0 amide bonds. The lowest BCUT2D eigenvalue weighted by Gasteiger charge is -2.08. The highest BCUT2D eigenvalue weighted by Crippen LogP contribution is 2.26. The third-order valence-electron chi connectivity index (χ3n) is 1.80. The molecular weight excluding hydrogens is 202 g/mol. The molecule has 72 valence electrons. The highest BCUT2D eigenvalue weighted by atomic mass is 35.5. The molecule has 0 saturated carbocycles. The molecule has 0 saturated heterocycles. The van der Waals surface area contributed by atoms with Crippen LogP contribution in [0.5, 0.6) is 0 Å². The summed E-state index contributed by atoms with van der Waals surface area (Å²) in [7, 11) is 0. The maximum atomic E-state index is 5.92. The van der Waals surface area contributed by atoms with E-state index in [-0.39, 0.29) is 0 Å². The van der Waals surface area contributed by atoms with Gasteiger partial charge in [-0.25, -0.2) is 0 Å². The van der Waals surface area contributed by atoms with Crippen molar-refractivity contribution in [3.63, 3.8) is 0 Å². The Hall–Kier alpha value is -0.180. The van der Waals surface area contributed by atoms with Gasteiger partial charge in [0.1, 0.15) is 0 Å². The van der Waals surface area contributed by atoms with Gasteiger partial charge in [-0.3, -0.25) is 0 Å². The summed E-state index contributed by atoms with van der Waals surface area (Å²) < 4.78 is 0. The summed E-state index contributed by atoms with van der Waals surface area (Å²) in [5.41, 5.74) is 6.66. The molecule has 1 aromatic rings. The van der Waals surface area contributed by atoms with Crippen LogP contribution in [0.1, 0.15) is 12.5 Å². The molecule has 0 aliphatic rings. The minimum Gasteiger partial charge on any atom is -0.329 e. The summed E-state index contributed by atoms with van der Waals surface area (Å²) in [4.78, 5) is 1.24. The second-order valence-electron chi connectivity index (χ2n) is 3.08. The number of benzene rings is 1. The Labute approximate surface area is 88.7 Å². The number of halogens is 1. The molecule has 1 nitrogen and oxygen atoms in total. The predicted octanol–water partition coefficient (Wildman–Crippen LogP) is 3.09. The van der Waals surface area contributed by atoms with Crippen LogP contribution in [-0.2, 0) is 0 Å². The number of thioether (sulfide) groups is 1. The molecule has 0 fully saturated rings. The van der Waals surface area contributed by atoms with Crippen LogP contribution in [0.4, 0.5) is 0 Å². The Balaban J connectivity index is 2.73. The Kier molecular flexibility index (Phi) is 4.10. The fraction of sp³-hybridized carbons (Fsp3) is 0.400. The van der Waals surface area contributed by atoms with Crippen molar-refractivity contribution in [2.75, 3.05) is 6.54 Å². The largest absolute Gasteiger partial charge is 0.329 e. The van der Waals surface area contributed by atoms with E-state index in [0.717, 1.165) is 10.6 Å². The number of rotatable bonds is 3. The van der Waals surface area contributed by atoms with E-state index in [1.807, 2.05) is 19.1 Å². The molecule has 0 aromatic heterocycles. The van der Waals surface area contributed by atoms with Gasteiger partial charge in [0.15, 0.2) is 0 Å². The number of aryl methyl sites for hydroxylation is 1. The van der Waals surface area contributed by atoms with Gasteiger partial charge in [0, 0.05) is 21.7 Å². The summed E-state index contributed by atoms with van der Waals surface area (Å²) in [5, 5.41) is 1.28. The van der Waals surface area contributed by atoms with Crippen molar-refractivity contribution in [2.24, 2.45) is 5.73 Å². The van der Waals surface area contributed by atoms with Gasteiger partial charge in [-0.1, -0.05) is 18.5 Å². The molecular formula is C10H14ClNS. The second-order valence-corrected chi connectivity index (χ2v) is 4.99. The lowest BCUT2D eigenvalue weighted by molar-refractivity contribution is 0.951. The smallest absolute Gasteiger partial charge is 0.0435 e. The van der Waals surface area contributed by atoms with Crippen LogP contribution in [0.2, 0.25) is 5.02 Å². The van der Waals surface area contributed by atoms with Crippen LogP contribution >= 0.6 is 23.4 Å². The summed E-state index contributed by atoms with van der Waals surface area (Å²) in [6.45, 7) is 4.83. The van der Waals surface area contributed by atoms with Gasteiger partial charge in [0.25, 0.3) is 0 Å². The Morgan fingerprint density at radius 3 is 2.77 bits per heavy atom. The van der Waals surface area contributed by atoms with E-state index in [9.17, 15) is 0 Å². The first-order chi connectivity index (χ1) is 6.13. The minimum atomic E-state index is 0.459. The van der Waals surface area contributed by atoms with Crippen LogP contribution in [-0.4, -0.2) is 11.8 Å². The maximum Gasteiger partial charge on any atom is 0.0435 e. The molecule has 0 spiro atoms. The highest BCUT2D eigenvalue weighted by Gasteiger charge is 2.03. The monoisotopic (exact) mass is 215 g/mol. The topological polar surface area (TPSA) is 26.0 Å². The van der Waals surface area contributed by atoms with Crippen molar-refractivity contribution < 1.29 is 0 Å². The van der Waals surface area contributed by atoms with Crippen molar-refractivity contribution in [3.8, 4) is 0 Å². The van der Waals surface area contributed by atoms with Crippen molar-refractivity contribution in [3.05, 3.63) is 28.8 Å². The molecule has 0 heterocycles. The molecule has 13 heavy (non-hydrogen) atoms. The first-order valence-electron chi connectivity index (χ1n) is 4.26. The zero-order valence-electron chi connectivity index (χ0n) is 7.88. The average Bonchev–Trinajstić information content (AvgIpc) is 2.11. The zero-order chi connectivity index (χ0) is 9.84. The number of hydrogen-bond donors (Lipinski definition) is 1. The maximum absolute atomic E-state index is 5.92. The van der Waals surface area contributed by atoms with E-state index >= 15 is 0 Å². The molecule has 0 aliphatic carbocycles. The standard InChI is InChI=1S/C10H14ClNS/c1-7-5-9(3-4-10(7)11)13-8(2)6-12/h3-5,8H,6,12H2,1-2H3. The number of hydrogen-bond acceptors (Lipinski definition) is 2. The van der Waals surface area contributed by atoms with Gasteiger partial charge < -0.3 is 5.73 Å². The van der Waals surface area contributed by atoms with Crippen molar-refractivity contribution >= 4 is 23.4 Å². The van der Waals surface area contributed by atoms with Crippen LogP contribution < -0.4 is 5.73 Å². The quantitative estimate of drug-likeness (QED) is 0.785. The third kappa shape index (κ3) is 3.22. The molecule has 1 atom stereocenters. The third-order valence-corrected chi connectivity index (χ3v) is 3.34. The van der Waals surface area contributed by atoms with E-state index in [2.05, 4.69) is 13.0 Å². The average molecular weight is 216 g/mol. The normalized spacial score (nSPS) is 12.9. The van der Waals surface area contributed by atoms with Gasteiger partial charge in [0.2, 0.25) is 0 Å². The Bertz CT molecular complexity index is 288. The fourth-order valence-corrected chi connectivity index (χ4v) is 2.04. The zero-order valence-corrected chi connectivity index (χ0v) is 9.45.